The molecule has 0 N–H and O–H groups in total. The van der Waals surface area contributed by atoms with Gasteiger partial charge in [-0.1, -0.05) is 13.3 Å². The van der Waals surface area contributed by atoms with E-state index in [1.165, 1.54) is 6.92 Å². The van der Waals surface area contributed by atoms with Crippen LogP contribution in [0.5, 0.6) is 0 Å². The molecular weight excluding hydrogens is 260 g/mol. The third-order valence-corrected chi connectivity index (χ3v) is 2.25. The summed E-state index contributed by atoms with van der Waals surface area (Å²) >= 11 is 0. The minimum atomic E-state index is -6.10. The van der Waals surface area contributed by atoms with Crippen LogP contribution in [0.4, 0.5) is 35.1 Å². The van der Waals surface area contributed by atoms with Crippen molar-refractivity contribution < 1.29 is 35.1 Å². The number of halogens is 8. The van der Waals surface area contributed by atoms with Crippen molar-refractivity contribution in [2.24, 2.45) is 0 Å². The van der Waals surface area contributed by atoms with Crippen molar-refractivity contribution in [3.05, 3.63) is 0 Å². The fourth-order valence-corrected chi connectivity index (χ4v) is 1.06. The second kappa shape index (κ2) is 4.61. The highest BCUT2D eigenvalue weighted by Gasteiger charge is 2.78. The molecule has 0 spiro atoms. The lowest BCUT2D eigenvalue weighted by Crippen LogP contribution is -2.61. The third-order valence-electron chi connectivity index (χ3n) is 2.25. The molecule has 0 aromatic carbocycles. The molecule has 0 aliphatic heterocycles. The zero-order valence-electron chi connectivity index (χ0n) is 9.15. The van der Waals surface area contributed by atoms with E-state index in [4.69, 9.17) is 0 Å². The van der Waals surface area contributed by atoms with Gasteiger partial charge < -0.3 is 0 Å². The first-order valence-electron chi connectivity index (χ1n) is 4.82. The van der Waals surface area contributed by atoms with Crippen molar-refractivity contribution in [3.63, 3.8) is 0 Å². The zero-order valence-corrected chi connectivity index (χ0v) is 9.15. The van der Waals surface area contributed by atoms with Gasteiger partial charge >= 0.3 is 23.7 Å². The van der Waals surface area contributed by atoms with Crippen molar-refractivity contribution in [3.8, 4) is 0 Å². The topological polar surface area (TPSA) is 0 Å². The second-order valence-electron chi connectivity index (χ2n) is 3.85. The Kier molecular flexibility index (Phi) is 4.45. The van der Waals surface area contributed by atoms with Crippen molar-refractivity contribution in [2.45, 2.75) is 56.8 Å². The molecule has 104 valence electrons. The average Bonchev–Trinajstić information content (AvgIpc) is 2.12. The minimum absolute atomic E-state index is 0.0553. The molecule has 17 heavy (non-hydrogen) atoms. The maximum Gasteiger partial charge on any atom is 0.378 e. The Morgan fingerprint density at radius 3 is 1.47 bits per heavy atom. The lowest BCUT2D eigenvalue weighted by molar-refractivity contribution is -0.363. The van der Waals surface area contributed by atoms with Gasteiger partial charge in [0.05, 0.1) is 0 Å². The highest BCUT2D eigenvalue weighted by molar-refractivity contribution is 5.01. The molecule has 0 aromatic rings. The predicted octanol–water partition coefficient (Wildman–Crippen LogP) is 4.74. The van der Waals surface area contributed by atoms with Gasteiger partial charge in [-0.15, -0.1) is 0 Å². The van der Waals surface area contributed by atoms with Crippen LogP contribution in [0, 0.1) is 0 Å². The van der Waals surface area contributed by atoms with E-state index >= 15 is 0 Å². The molecule has 0 aliphatic rings. The van der Waals surface area contributed by atoms with Crippen LogP contribution < -0.4 is 0 Å². The summed E-state index contributed by atoms with van der Waals surface area (Å²) < 4.78 is 101. The van der Waals surface area contributed by atoms with Gasteiger partial charge in [0.1, 0.15) is 0 Å². The molecule has 0 saturated carbocycles. The summed E-state index contributed by atoms with van der Waals surface area (Å²) in [4.78, 5) is 0. The Bertz CT molecular complexity index is 252. The van der Waals surface area contributed by atoms with Crippen LogP contribution in [0.15, 0.2) is 0 Å². The molecule has 0 aromatic heterocycles. The normalized spacial score (nSPS) is 15.2. The Morgan fingerprint density at radius 1 is 0.765 bits per heavy atom. The standard InChI is InChI=1S/C9H12F8/c1-3-4-5-7(12,13)9(16,17)8(14,15)6(2,10)11/h3-5H2,1-2H3. The summed E-state index contributed by atoms with van der Waals surface area (Å²) in [5.74, 6) is -22.6. The van der Waals surface area contributed by atoms with Crippen LogP contribution in [-0.4, -0.2) is 23.7 Å². The second-order valence-corrected chi connectivity index (χ2v) is 3.85. The summed E-state index contributed by atoms with van der Waals surface area (Å²) in [6.45, 7) is 0.859. The largest absolute Gasteiger partial charge is 0.378 e. The van der Waals surface area contributed by atoms with Crippen LogP contribution in [0.2, 0.25) is 0 Å². The van der Waals surface area contributed by atoms with E-state index < -0.39 is 43.5 Å². The van der Waals surface area contributed by atoms with E-state index in [9.17, 15) is 35.1 Å². The minimum Gasteiger partial charge on any atom is -0.200 e. The fourth-order valence-electron chi connectivity index (χ4n) is 1.06. The summed E-state index contributed by atoms with van der Waals surface area (Å²) in [7, 11) is 0. The van der Waals surface area contributed by atoms with Gasteiger partial charge in [-0.25, -0.2) is 0 Å². The van der Waals surface area contributed by atoms with Crippen molar-refractivity contribution in [1.82, 2.24) is 0 Å². The fraction of sp³-hybridized carbons (Fsp3) is 1.00. The summed E-state index contributed by atoms with van der Waals surface area (Å²) in [5.41, 5.74) is 0. The highest BCUT2D eigenvalue weighted by Crippen LogP contribution is 2.53. The van der Waals surface area contributed by atoms with Gasteiger partial charge in [0, 0.05) is 13.3 Å². The van der Waals surface area contributed by atoms with Crippen LogP contribution in [0.1, 0.15) is 33.1 Å². The Labute approximate surface area is 93.0 Å². The van der Waals surface area contributed by atoms with Gasteiger partial charge in [-0.3, -0.25) is 0 Å². The Morgan fingerprint density at radius 2 is 1.18 bits per heavy atom. The SMILES string of the molecule is CCCCC(F)(F)C(F)(F)C(F)(F)C(C)(F)F. The number of unbranched alkanes of at least 4 members (excludes halogenated alkanes) is 1. The maximum absolute atomic E-state index is 12.9. The molecule has 0 heterocycles. The molecule has 0 fully saturated rings. The first-order valence-corrected chi connectivity index (χ1v) is 4.82. The summed E-state index contributed by atoms with van der Waals surface area (Å²) in [6.07, 6.45) is -1.98. The number of alkyl halides is 8. The van der Waals surface area contributed by atoms with Gasteiger partial charge in [0.25, 0.3) is 0 Å². The van der Waals surface area contributed by atoms with Crippen molar-refractivity contribution in [2.75, 3.05) is 0 Å². The molecule has 0 amide bonds. The van der Waals surface area contributed by atoms with Crippen molar-refractivity contribution >= 4 is 0 Å². The van der Waals surface area contributed by atoms with E-state index in [2.05, 4.69) is 0 Å². The van der Waals surface area contributed by atoms with Crippen molar-refractivity contribution in [1.29, 1.82) is 0 Å². The molecule has 0 unspecified atom stereocenters. The van der Waals surface area contributed by atoms with E-state index in [1.54, 1.807) is 0 Å². The Hall–Kier alpha value is -0.560. The number of rotatable bonds is 6. The first-order chi connectivity index (χ1) is 7.31. The van der Waals surface area contributed by atoms with E-state index in [0.717, 1.165) is 0 Å². The summed E-state index contributed by atoms with van der Waals surface area (Å²) in [5, 5.41) is 0. The van der Waals surface area contributed by atoms with Gasteiger partial charge in [0.15, 0.2) is 0 Å². The molecule has 8 heteroatoms. The molecule has 0 aliphatic carbocycles. The van der Waals surface area contributed by atoms with E-state index in [0.29, 0.717) is 0 Å². The number of hydrogen-bond acceptors (Lipinski definition) is 0. The van der Waals surface area contributed by atoms with Crippen LogP contribution in [0.25, 0.3) is 0 Å². The van der Waals surface area contributed by atoms with E-state index in [1.807, 2.05) is 0 Å². The maximum atomic E-state index is 12.9. The zero-order chi connectivity index (χ0) is 14.1. The third kappa shape index (κ3) is 2.82. The Balaban J connectivity index is 5.24. The lowest BCUT2D eigenvalue weighted by atomic mass is 9.96. The van der Waals surface area contributed by atoms with Gasteiger partial charge in [-0.2, -0.15) is 35.1 Å². The summed E-state index contributed by atoms with van der Waals surface area (Å²) in [6, 6.07) is 0. The molecule has 0 saturated heterocycles. The molecule has 0 nitrogen and oxygen atoms in total. The molecule has 0 bridgehead atoms. The van der Waals surface area contributed by atoms with E-state index in [-0.39, 0.29) is 6.42 Å². The number of hydrogen-bond donors (Lipinski definition) is 0. The first kappa shape index (κ1) is 16.4. The van der Waals surface area contributed by atoms with Crippen LogP contribution in [0.3, 0.4) is 0 Å². The molecule has 0 rings (SSSR count). The smallest absolute Gasteiger partial charge is 0.200 e. The average molecular weight is 272 g/mol. The van der Waals surface area contributed by atoms with Crippen LogP contribution >= 0.6 is 0 Å². The van der Waals surface area contributed by atoms with Crippen LogP contribution in [-0.2, 0) is 0 Å². The predicted molar refractivity (Wildman–Crippen MR) is 45.0 cm³/mol. The lowest BCUT2D eigenvalue weighted by Gasteiger charge is -2.35. The molecular formula is C9H12F8. The quantitative estimate of drug-likeness (QED) is 0.613. The van der Waals surface area contributed by atoms with Gasteiger partial charge in [0.2, 0.25) is 0 Å². The molecule has 0 radical (unpaired) electrons. The van der Waals surface area contributed by atoms with Gasteiger partial charge in [-0.05, 0) is 6.42 Å². The highest BCUT2D eigenvalue weighted by atomic mass is 19.4. The molecule has 0 atom stereocenters. The monoisotopic (exact) mass is 272 g/mol.